The summed E-state index contributed by atoms with van der Waals surface area (Å²) in [7, 11) is 0. The zero-order valence-electron chi connectivity index (χ0n) is 21.1. The average molecular weight is 610 g/mol. The summed E-state index contributed by atoms with van der Waals surface area (Å²) in [5, 5.41) is 0. The maximum absolute atomic E-state index is 11.4. The molecule has 0 saturated heterocycles. The second-order valence-electron chi connectivity index (χ2n) is 9.11. The number of esters is 2. The number of hydrogen-bond donors (Lipinski definition) is 1. The fraction of sp³-hybridized carbons (Fsp3) is 0.500. The molecule has 4 rings (SSSR count). The summed E-state index contributed by atoms with van der Waals surface area (Å²) >= 11 is 2.25. The van der Waals surface area contributed by atoms with E-state index in [1.54, 1.807) is 13.0 Å². The second kappa shape index (κ2) is 14.3. The van der Waals surface area contributed by atoms with Gasteiger partial charge >= 0.3 is 11.9 Å². The van der Waals surface area contributed by atoms with Gasteiger partial charge in [0.05, 0.1) is 48.5 Å². The summed E-state index contributed by atoms with van der Waals surface area (Å²) in [6, 6.07) is 11.3. The van der Waals surface area contributed by atoms with Crippen LogP contribution in [0.2, 0.25) is 0 Å². The Labute approximate surface area is 227 Å². The number of carbonyl (C=O) groups is 2. The van der Waals surface area contributed by atoms with E-state index in [9.17, 15) is 9.59 Å². The lowest BCUT2D eigenvalue weighted by Gasteiger charge is -2.10. The van der Waals surface area contributed by atoms with Gasteiger partial charge in [-0.3, -0.25) is 9.59 Å². The van der Waals surface area contributed by atoms with Crippen molar-refractivity contribution in [2.24, 2.45) is 11.8 Å². The first-order chi connectivity index (χ1) is 17.4. The molecule has 0 unspecified atom stereocenters. The Kier molecular flexibility index (Phi) is 11.2. The van der Waals surface area contributed by atoms with Crippen LogP contribution in [0.15, 0.2) is 36.4 Å². The minimum atomic E-state index is -0.226. The molecule has 0 aromatic heterocycles. The number of nitrogens with two attached hydrogens (primary N) is 1. The summed E-state index contributed by atoms with van der Waals surface area (Å²) < 4.78 is 22.4. The van der Waals surface area contributed by atoms with Crippen molar-refractivity contribution in [2.75, 3.05) is 32.2 Å². The van der Waals surface area contributed by atoms with E-state index < -0.39 is 0 Å². The van der Waals surface area contributed by atoms with Crippen LogP contribution in [0.3, 0.4) is 0 Å². The molecule has 0 amide bonds. The average Bonchev–Trinajstić information content (AvgIpc) is 3.76. The van der Waals surface area contributed by atoms with Gasteiger partial charge in [-0.2, -0.15) is 0 Å². The maximum Gasteiger partial charge on any atom is 0.310 e. The van der Waals surface area contributed by atoms with Gasteiger partial charge in [0.2, 0.25) is 0 Å². The summed E-state index contributed by atoms with van der Waals surface area (Å²) in [4.78, 5) is 22.8. The van der Waals surface area contributed by atoms with E-state index in [0.717, 1.165) is 33.0 Å². The summed E-state index contributed by atoms with van der Waals surface area (Å²) in [5.74, 6) is 2.54. The molecule has 0 radical (unpaired) electrons. The highest BCUT2D eigenvalue weighted by Crippen LogP contribution is 2.32. The number of nitrogen functional groups attached to an aromatic ring is 1. The van der Waals surface area contributed by atoms with Crippen LogP contribution in [-0.2, 0) is 31.9 Å². The van der Waals surface area contributed by atoms with Crippen LogP contribution in [0.5, 0.6) is 11.5 Å². The van der Waals surface area contributed by atoms with Crippen molar-refractivity contribution < 1.29 is 28.5 Å². The lowest BCUT2D eigenvalue weighted by Crippen LogP contribution is -2.08. The van der Waals surface area contributed by atoms with E-state index in [1.807, 2.05) is 37.3 Å². The molecule has 2 aliphatic carbocycles. The van der Waals surface area contributed by atoms with Crippen molar-refractivity contribution in [1.82, 2.24) is 0 Å². The molecule has 0 spiro atoms. The van der Waals surface area contributed by atoms with Crippen LogP contribution in [0.25, 0.3) is 0 Å². The van der Waals surface area contributed by atoms with E-state index in [2.05, 4.69) is 22.6 Å². The van der Waals surface area contributed by atoms with Gasteiger partial charge in [0.1, 0.15) is 11.5 Å². The van der Waals surface area contributed by atoms with Crippen molar-refractivity contribution >= 4 is 40.2 Å². The molecule has 0 bridgehead atoms. The highest BCUT2D eigenvalue weighted by molar-refractivity contribution is 14.1. The van der Waals surface area contributed by atoms with E-state index in [-0.39, 0.29) is 18.4 Å². The molecule has 2 aliphatic rings. The van der Waals surface area contributed by atoms with Gasteiger partial charge in [0, 0.05) is 0 Å². The van der Waals surface area contributed by atoms with Crippen LogP contribution in [0.4, 0.5) is 5.69 Å². The molecule has 0 atom stereocenters. The number of rotatable bonds is 12. The van der Waals surface area contributed by atoms with Gasteiger partial charge in [-0.15, -0.1) is 0 Å². The maximum atomic E-state index is 11.4. The van der Waals surface area contributed by atoms with Gasteiger partial charge in [-0.1, -0.05) is 12.1 Å². The molecule has 2 saturated carbocycles. The molecule has 36 heavy (non-hydrogen) atoms. The predicted octanol–water partition coefficient (Wildman–Crippen LogP) is 5.35. The molecular formula is C28H36INO6. The third-order valence-electron chi connectivity index (χ3n) is 5.72. The molecule has 2 aromatic rings. The molecule has 2 fully saturated rings. The highest BCUT2D eigenvalue weighted by Gasteiger charge is 2.23. The van der Waals surface area contributed by atoms with E-state index in [0.29, 0.717) is 43.6 Å². The first kappa shape index (κ1) is 28.1. The highest BCUT2D eigenvalue weighted by atomic mass is 127. The van der Waals surface area contributed by atoms with Crippen LogP contribution in [0.1, 0.15) is 50.7 Å². The molecule has 0 aliphatic heterocycles. The third-order valence-corrected chi connectivity index (χ3v) is 6.62. The van der Waals surface area contributed by atoms with Gasteiger partial charge in [-0.25, -0.2) is 0 Å². The van der Waals surface area contributed by atoms with Crippen molar-refractivity contribution in [3.05, 3.63) is 51.1 Å². The molecule has 2 N–H and O–H groups in total. The Hall–Kier alpha value is -2.49. The Morgan fingerprint density at radius 3 is 1.78 bits per heavy atom. The summed E-state index contributed by atoms with van der Waals surface area (Å²) in [5.41, 5.74) is 8.27. The van der Waals surface area contributed by atoms with Gasteiger partial charge in [-0.05, 0) is 109 Å². The van der Waals surface area contributed by atoms with Gasteiger partial charge in [0.25, 0.3) is 0 Å². The number of ether oxygens (including phenoxy) is 4. The standard InChI is InChI=1S/C14H17IO3.C14H19NO3/c2*1-2-17-14(16)8-11-5-6-12(15)13(7-11)18-9-10-3-4-10/h5-7,10H,2-4,8-9H2,1H3;5-7,10H,2-4,8-9,15H2,1H3. The minimum Gasteiger partial charge on any atom is -0.492 e. The number of anilines is 1. The van der Waals surface area contributed by atoms with Gasteiger partial charge in [0.15, 0.2) is 0 Å². The lowest BCUT2D eigenvalue weighted by molar-refractivity contribution is -0.143. The fourth-order valence-corrected chi connectivity index (χ4v) is 3.81. The SMILES string of the molecule is CCOC(=O)Cc1ccc(I)c(OCC2CC2)c1.CCOC(=O)Cc1ccc(N)c(OCC2CC2)c1. The summed E-state index contributed by atoms with van der Waals surface area (Å²) in [6.45, 7) is 5.94. The van der Waals surface area contributed by atoms with E-state index in [4.69, 9.17) is 24.7 Å². The molecule has 8 heteroatoms. The Bertz CT molecular complexity index is 938. The van der Waals surface area contributed by atoms with Crippen LogP contribution < -0.4 is 15.2 Å². The van der Waals surface area contributed by atoms with Crippen LogP contribution in [-0.4, -0.2) is 38.4 Å². The fourth-order valence-electron chi connectivity index (χ4n) is 3.32. The smallest absolute Gasteiger partial charge is 0.310 e. The molecule has 7 nitrogen and oxygen atoms in total. The van der Waals surface area contributed by atoms with Crippen molar-refractivity contribution in [3.63, 3.8) is 0 Å². The Morgan fingerprint density at radius 1 is 0.806 bits per heavy atom. The Morgan fingerprint density at radius 2 is 1.28 bits per heavy atom. The largest absolute Gasteiger partial charge is 0.492 e. The minimum absolute atomic E-state index is 0.188. The van der Waals surface area contributed by atoms with Crippen molar-refractivity contribution in [1.29, 1.82) is 0 Å². The van der Waals surface area contributed by atoms with E-state index in [1.165, 1.54) is 25.7 Å². The zero-order chi connectivity index (χ0) is 25.9. The van der Waals surface area contributed by atoms with Crippen LogP contribution >= 0.6 is 22.6 Å². The number of halogens is 1. The topological polar surface area (TPSA) is 97.1 Å². The number of benzene rings is 2. The van der Waals surface area contributed by atoms with E-state index >= 15 is 0 Å². The quantitative estimate of drug-likeness (QED) is 0.197. The predicted molar refractivity (Wildman–Crippen MR) is 147 cm³/mol. The van der Waals surface area contributed by atoms with Crippen LogP contribution in [0, 0.1) is 15.4 Å². The van der Waals surface area contributed by atoms with Crippen molar-refractivity contribution in [2.45, 2.75) is 52.4 Å². The number of hydrogen-bond acceptors (Lipinski definition) is 7. The zero-order valence-corrected chi connectivity index (χ0v) is 23.3. The molecule has 2 aromatic carbocycles. The molecule has 0 heterocycles. The second-order valence-corrected chi connectivity index (χ2v) is 10.3. The molecule has 196 valence electrons. The molecular weight excluding hydrogens is 573 g/mol. The monoisotopic (exact) mass is 609 g/mol. The third kappa shape index (κ3) is 10.2. The normalized spacial score (nSPS) is 14.3. The summed E-state index contributed by atoms with van der Waals surface area (Å²) in [6.07, 6.45) is 5.60. The Balaban J connectivity index is 0.000000201. The van der Waals surface area contributed by atoms with Crippen molar-refractivity contribution in [3.8, 4) is 11.5 Å². The number of carbonyl (C=O) groups excluding carboxylic acids is 2. The first-order valence-corrected chi connectivity index (χ1v) is 13.7. The van der Waals surface area contributed by atoms with Gasteiger partial charge < -0.3 is 24.7 Å². The first-order valence-electron chi connectivity index (χ1n) is 12.6. The lowest BCUT2D eigenvalue weighted by atomic mass is 10.1.